The minimum Gasteiger partial charge on any atom is -0.466 e. The number of esters is 5. The Labute approximate surface area is 157 Å². The summed E-state index contributed by atoms with van der Waals surface area (Å²) in [6.07, 6.45) is -2.85. The number of rotatable bonds is 11. The van der Waals surface area contributed by atoms with Crippen molar-refractivity contribution in [2.75, 3.05) is 13.2 Å². The molecular weight excluding hydrogens is 364 g/mol. The Bertz CT molecular complexity index is 542. The maximum atomic E-state index is 11.4. The van der Waals surface area contributed by atoms with E-state index < -0.39 is 48.2 Å². The van der Waals surface area contributed by atoms with Gasteiger partial charge in [-0.2, -0.15) is 0 Å². The minimum atomic E-state index is -1.10. The second-order valence-corrected chi connectivity index (χ2v) is 5.69. The van der Waals surface area contributed by atoms with E-state index in [9.17, 15) is 24.0 Å². The third-order valence-corrected chi connectivity index (χ3v) is 3.07. The first-order chi connectivity index (χ1) is 12.5. The molecule has 10 nitrogen and oxygen atoms in total. The van der Waals surface area contributed by atoms with E-state index in [1.54, 1.807) is 0 Å². The van der Waals surface area contributed by atoms with Crippen molar-refractivity contribution in [3.05, 3.63) is 0 Å². The van der Waals surface area contributed by atoms with Crippen LogP contribution in [-0.4, -0.2) is 61.4 Å². The first-order valence-electron chi connectivity index (χ1n) is 8.29. The molecule has 0 unspecified atom stereocenters. The highest BCUT2D eigenvalue weighted by molar-refractivity contribution is 5.68. The van der Waals surface area contributed by atoms with E-state index in [0.717, 1.165) is 13.8 Å². The fourth-order valence-corrected chi connectivity index (χ4v) is 2.17. The fourth-order valence-electron chi connectivity index (χ4n) is 2.17. The van der Waals surface area contributed by atoms with Gasteiger partial charge in [-0.15, -0.1) is 0 Å². The van der Waals surface area contributed by atoms with E-state index in [1.807, 2.05) is 0 Å². The monoisotopic (exact) mass is 390 g/mol. The number of ether oxygens (including phenoxy) is 5. The molecule has 0 heterocycles. The van der Waals surface area contributed by atoms with Crippen LogP contribution in [0, 0.1) is 0 Å². The Kier molecular flexibility index (Phi) is 11.4. The molecule has 3 atom stereocenters. The Balaban J connectivity index is 5.29. The van der Waals surface area contributed by atoms with Crippen LogP contribution < -0.4 is 0 Å². The molecule has 0 rings (SSSR count). The zero-order valence-electron chi connectivity index (χ0n) is 16.1. The van der Waals surface area contributed by atoms with Gasteiger partial charge in [0, 0.05) is 47.5 Å². The summed E-state index contributed by atoms with van der Waals surface area (Å²) in [5.74, 6) is -3.04. The lowest BCUT2D eigenvalue weighted by Gasteiger charge is -2.28. The van der Waals surface area contributed by atoms with Crippen molar-refractivity contribution in [3.8, 4) is 0 Å². The Morgan fingerprint density at radius 3 is 1.56 bits per heavy atom. The van der Waals surface area contributed by atoms with Crippen LogP contribution in [0.3, 0.4) is 0 Å². The first-order valence-corrected chi connectivity index (χ1v) is 8.29. The van der Waals surface area contributed by atoms with Crippen LogP contribution in [0.25, 0.3) is 0 Å². The van der Waals surface area contributed by atoms with Crippen LogP contribution in [0.1, 0.15) is 47.5 Å². The summed E-state index contributed by atoms with van der Waals surface area (Å²) in [4.78, 5) is 56.1. The molecule has 0 fully saturated rings. The average Bonchev–Trinajstić information content (AvgIpc) is 2.48. The first kappa shape index (κ1) is 24.4. The molecule has 0 aliphatic carbocycles. The quantitative estimate of drug-likeness (QED) is 0.366. The zero-order valence-corrected chi connectivity index (χ0v) is 16.1. The molecule has 0 bridgehead atoms. The standard InChI is InChI=1S/C17H26O10/c1-10(18)23-7-6-15(25-12(3)20)8-16(26-13(4)21)17(27-14(5)22)9-24-11(2)19/h15-17H,6-9H2,1-5H3/t15-,16+,17+/m0/s1. The van der Waals surface area contributed by atoms with E-state index in [2.05, 4.69) is 0 Å². The summed E-state index contributed by atoms with van der Waals surface area (Å²) in [6.45, 7) is 5.54. The van der Waals surface area contributed by atoms with Gasteiger partial charge in [0.2, 0.25) is 0 Å². The normalized spacial score (nSPS) is 13.5. The van der Waals surface area contributed by atoms with Crippen LogP contribution >= 0.6 is 0 Å². The number of carbonyl (C=O) groups excluding carboxylic acids is 5. The lowest BCUT2D eigenvalue weighted by Crippen LogP contribution is -2.41. The molecule has 0 saturated carbocycles. The molecule has 0 radical (unpaired) electrons. The van der Waals surface area contributed by atoms with Gasteiger partial charge >= 0.3 is 29.8 Å². The lowest BCUT2D eigenvalue weighted by atomic mass is 10.0. The Hall–Kier alpha value is -2.65. The summed E-state index contributed by atoms with van der Waals surface area (Å²) < 4.78 is 25.1. The lowest BCUT2D eigenvalue weighted by molar-refractivity contribution is -0.177. The maximum absolute atomic E-state index is 11.4. The Morgan fingerprint density at radius 1 is 0.630 bits per heavy atom. The molecule has 0 aromatic carbocycles. The van der Waals surface area contributed by atoms with Gasteiger partial charge in [-0.25, -0.2) is 0 Å². The topological polar surface area (TPSA) is 132 Å². The van der Waals surface area contributed by atoms with Crippen molar-refractivity contribution in [1.29, 1.82) is 0 Å². The molecule has 154 valence electrons. The summed E-state index contributed by atoms with van der Waals surface area (Å²) >= 11 is 0. The van der Waals surface area contributed by atoms with Crippen LogP contribution in [0.4, 0.5) is 0 Å². The van der Waals surface area contributed by atoms with Crippen molar-refractivity contribution >= 4 is 29.8 Å². The van der Waals surface area contributed by atoms with Crippen LogP contribution in [0.15, 0.2) is 0 Å². The van der Waals surface area contributed by atoms with Gasteiger partial charge in [0.1, 0.15) is 18.8 Å². The second kappa shape index (κ2) is 12.7. The average molecular weight is 390 g/mol. The fraction of sp³-hybridized carbons (Fsp3) is 0.706. The molecule has 0 saturated heterocycles. The van der Waals surface area contributed by atoms with Gasteiger partial charge in [-0.05, 0) is 0 Å². The number of carbonyl (C=O) groups is 5. The van der Waals surface area contributed by atoms with Gasteiger partial charge in [-0.3, -0.25) is 24.0 Å². The Morgan fingerprint density at radius 2 is 1.11 bits per heavy atom. The van der Waals surface area contributed by atoms with E-state index >= 15 is 0 Å². The molecular formula is C17H26O10. The van der Waals surface area contributed by atoms with Gasteiger partial charge < -0.3 is 23.7 Å². The summed E-state index contributed by atoms with van der Waals surface area (Å²) in [6, 6.07) is 0. The van der Waals surface area contributed by atoms with E-state index in [0.29, 0.717) is 0 Å². The molecule has 0 aromatic heterocycles. The SMILES string of the molecule is CC(=O)OCC[C@@H](C[C@@H](OC(C)=O)[C@@H](COC(C)=O)OC(C)=O)OC(C)=O. The van der Waals surface area contributed by atoms with Gasteiger partial charge in [-0.1, -0.05) is 0 Å². The highest BCUT2D eigenvalue weighted by atomic mass is 16.6. The van der Waals surface area contributed by atoms with Crippen molar-refractivity contribution in [2.24, 2.45) is 0 Å². The predicted molar refractivity (Wildman–Crippen MR) is 89.2 cm³/mol. The molecule has 0 N–H and O–H groups in total. The van der Waals surface area contributed by atoms with Crippen molar-refractivity contribution < 1.29 is 47.7 Å². The molecule has 0 amide bonds. The zero-order chi connectivity index (χ0) is 21.0. The predicted octanol–water partition coefficient (Wildman–Crippen LogP) is 0.688. The molecule has 0 spiro atoms. The highest BCUT2D eigenvalue weighted by Gasteiger charge is 2.32. The van der Waals surface area contributed by atoms with Gasteiger partial charge in [0.15, 0.2) is 6.10 Å². The van der Waals surface area contributed by atoms with Crippen LogP contribution in [0.5, 0.6) is 0 Å². The number of hydrogen-bond acceptors (Lipinski definition) is 10. The second-order valence-electron chi connectivity index (χ2n) is 5.69. The molecule has 0 aliphatic rings. The largest absolute Gasteiger partial charge is 0.466 e. The highest BCUT2D eigenvalue weighted by Crippen LogP contribution is 2.17. The maximum Gasteiger partial charge on any atom is 0.303 e. The number of hydrogen-bond donors (Lipinski definition) is 0. The molecule has 10 heteroatoms. The summed E-state index contributed by atoms with van der Waals surface area (Å²) in [5.41, 5.74) is 0. The van der Waals surface area contributed by atoms with Gasteiger partial charge in [0.05, 0.1) is 6.61 Å². The van der Waals surface area contributed by atoms with E-state index in [-0.39, 0.29) is 26.1 Å². The van der Waals surface area contributed by atoms with Crippen molar-refractivity contribution in [2.45, 2.75) is 65.8 Å². The van der Waals surface area contributed by atoms with Gasteiger partial charge in [0.25, 0.3) is 0 Å². The minimum absolute atomic E-state index is 0.0255. The summed E-state index contributed by atoms with van der Waals surface area (Å²) in [7, 11) is 0. The van der Waals surface area contributed by atoms with Crippen molar-refractivity contribution in [3.63, 3.8) is 0 Å². The van der Waals surface area contributed by atoms with Crippen molar-refractivity contribution in [1.82, 2.24) is 0 Å². The van der Waals surface area contributed by atoms with Crippen LogP contribution in [0.2, 0.25) is 0 Å². The molecule has 0 aliphatic heterocycles. The van der Waals surface area contributed by atoms with E-state index in [4.69, 9.17) is 23.7 Å². The molecule has 27 heavy (non-hydrogen) atoms. The third kappa shape index (κ3) is 13.2. The molecule has 0 aromatic rings. The smallest absolute Gasteiger partial charge is 0.303 e. The van der Waals surface area contributed by atoms with Crippen LogP contribution in [-0.2, 0) is 47.7 Å². The van der Waals surface area contributed by atoms with E-state index in [1.165, 1.54) is 20.8 Å². The third-order valence-electron chi connectivity index (χ3n) is 3.07. The summed E-state index contributed by atoms with van der Waals surface area (Å²) in [5, 5.41) is 0.